The molecule has 25 heavy (non-hydrogen) atoms. The van der Waals surface area contributed by atoms with Gasteiger partial charge in [-0.3, -0.25) is 0 Å². The maximum atomic E-state index is 9.76. The third-order valence-corrected chi connectivity index (χ3v) is 2.95. The number of carboxylic acids is 3. The van der Waals surface area contributed by atoms with E-state index in [2.05, 4.69) is 0 Å². The van der Waals surface area contributed by atoms with Crippen LogP contribution in [0.4, 0.5) is 0 Å². The molecule has 0 aliphatic rings. The Hall–Kier alpha value is -0.226. The molecule has 0 bridgehead atoms. The van der Waals surface area contributed by atoms with E-state index in [1.807, 2.05) is 20.8 Å². The summed E-state index contributed by atoms with van der Waals surface area (Å²) in [6, 6.07) is 0. The number of unbranched alkanes of at least 4 members (excludes halogenated alkanes) is 6. The van der Waals surface area contributed by atoms with E-state index in [4.69, 9.17) is 0 Å². The van der Waals surface area contributed by atoms with Crippen LogP contribution in [-0.2, 0) is 14.4 Å². The molecular weight excluding hydrogens is 453 g/mol. The maximum Gasteiger partial charge on any atom is 3.00 e. The zero-order chi connectivity index (χ0) is 19.2. The van der Waals surface area contributed by atoms with Gasteiger partial charge in [-0.15, -0.1) is 0 Å². The van der Waals surface area contributed by atoms with Crippen molar-refractivity contribution in [1.29, 1.82) is 0 Å². The van der Waals surface area contributed by atoms with Crippen molar-refractivity contribution >= 4 is 17.9 Å². The molecule has 0 saturated heterocycles. The topological polar surface area (TPSA) is 120 Å². The van der Waals surface area contributed by atoms with Gasteiger partial charge in [0.25, 0.3) is 0 Å². The standard InChI is InChI=1S/3C6H12O2.Pr/c3*1-2-3-4-5-6(7)8;/h3*2-5H2,1H3,(H,7,8);/q;;;+3/p-3. The summed E-state index contributed by atoms with van der Waals surface area (Å²) in [5.41, 5.74) is 0. The van der Waals surface area contributed by atoms with Gasteiger partial charge in [-0.1, -0.05) is 59.3 Å². The van der Waals surface area contributed by atoms with Crippen LogP contribution in [0.1, 0.15) is 97.8 Å². The summed E-state index contributed by atoms with van der Waals surface area (Å²) < 4.78 is 0. The van der Waals surface area contributed by atoms with Crippen LogP contribution in [0.3, 0.4) is 0 Å². The average Bonchev–Trinajstić information content (AvgIpc) is 2.48. The van der Waals surface area contributed by atoms with Crippen LogP contribution in [-0.4, -0.2) is 17.9 Å². The Kier molecular flexibility index (Phi) is 37.1. The Bertz CT molecular complexity index is 260. The number of carboxylic acid groups (broad SMARTS) is 3. The molecule has 0 heterocycles. The monoisotopic (exact) mass is 486 g/mol. The molecule has 0 aliphatic heterocycles. The maximum absolute atomic E-state index is 9.76. The molecule has 0 saturated carbocycles. The molecule has 6 nitrogen and oxygen atoms in total. The largest absolute Gasteiger partial charge is 3.00 e. The van der Waals surface area contributed by atoms with Crippen LogP contribution in [0.5, 0.6) is 0 Å². The van der Waals surface area contributed by atoms with E-state index in [-0.39, 0.29) is 60.6 Å². The van der Waals surface area contributed by atoms with E-state index in [1.165, 1.54) is 0 Å². The summed E-state index contributed by atoms with van der Waals surface area (Å²) in [6.45, 7) is 6.11. The average molecular weight is 486 g/mol. The normalized spacial score (nSPS) is 8.76. The Morgan fingerprint density at radius 3 is 0.840 bits per heavy atom. The van der Waals surface area contributed by atoms with Gasteiger partial charge in [0.1, 0.15) is 0 Å². The molecule has 0 aliphatic carbocycles. The number of aliphatic carboxylic acids is 3. The predicted molar refractivity (Wildman–Crippen MR) is 87.4 cm³/mol. The van der Waals surface area contributed by atoms with Gasteiger partial charge < -0.3 is 29.7 Å². The summed E-state index contributed by atoms with van der Waals surface area (Å²) in [5.74, 6) is -2.80. The second kappa shape index (κ2) is 28.6. The van der Waals surface area contributed by atoms with Gasteiger partial charge in [-0.05, 0) is 38.5 Å². The third kappa shape index (κ3) is 51.6. The molecule has 0 rings (SSSR count). The van der Waals surface area contributed by atoms with E-state index >= 15 is 0 Å². The third-order valence-electron chi connectivity index (χ3n) is 2.95. The fourth-order valence-electron chi connectivity index (χ4n) is 1.56. The Labute approximate surface area is 185 Å². The van der Waals surface area contributed by atoms with Gasteiger partial charge in [-0.25, -0.2) is 0 Å². The van der Waals surface area contributed by atoms with Gasteiger partial charge in [-0.2, -0.15) is 0 Å². The number of rotatable bonds is 12. The summed E-state index contributed by atoms with van der Waals surface area (Å²) in [6.07, 6.45) is 9.11. The molecular formula is C18H33O6Pr. The molecule has 0 unspecified atom stereocenters. The number of hydrogen-bond acceptors (Lipinski definition) is 6. The Morgan fingerprint density at radius 2 is 0.720 bits per heavy atom. The summed E-state index contributed by atoms with van der Waals surface area (Å²) in [4.78, 5) is 29.3. The Balaban J connectivity index is -0.000000130. The van der Waals surface area contributed by atoms with E-state index in [9.17, 15) is 29.7 Å². The Morgan fingerprint density at radius 1 is 0.520 bits per heavy atom. The summed E-state index contributed by atoms with van der Waals surface area (Å²) >= 11 is 0. The van der Waals surface area contributed by atoms with Crippen molar-refractivity contribution in [1.82, 2.24) is 0 Å². The molecule has 0 N–H and O–H groups in total. The first kappa shape index (κ1) is 32.4. The van der Waals surface area contributed by atoms with E-state index < -0.39 is 17.9 Å². The zero-order valence-electron chi connectivity index (χ0n) is 16.0. The summed E-state index contributed by atoms with van der Waals surface area (Å²) in [5, 5.41) is 29.3. The predicted octanol–water partition coefficient (Wildman–Crippen LogP) is 0.950. The quantitative estimate of drug-likeness (QED) is 0.379. The van der Waals surface area contributed by atoms with E-state index in [0.29, 0.717) is 0 Å². The minimum Gasteiger partial charge on any atom is -0.550 e. The van der Waals surface area contributed by atoms with Crippen molar-refractivity contribution in [2.45, 2.75) is 97.8 Å². The van der Waals surface area contributed by atoms with Gasteiger partial charge in [0.05, 0.1) is 0 Å². The first-order valence-electron chi connectivity index (χ1n) is 8.91. The molecule has 144 valence electrons. The fourth-order valence-corrected chi connectivity index (χ4v) is 1.56. The minimum absolute atomic E-state index is 0. The first-order chi connectivity index (χ1) is 11.3. The van der Waals surface area contributed by atoms with Crippen LogP contribution in [0.15, 0.2) is 0 Å². The van der Waals surface area contributed by atoms with Gasteiger partial charge in [0.15, 0.2) is 0 Å². The molecule has 0 fully saturated rings. The van der Waals surface area contributed by atoms with Crippen LogP contribution < -0.4 is 15.3 Å². The van der Waals surface area contributed by atoms with Gasteiger partial charge in [0, 0.05) is 17.9 Å². The minimum atomic E-state index is -0.932. The molecule has 0 radical (unpaired) electrons. The number of carbonyl (C=O) groups excluding carboxylic acids is 3. The number of carbonyl (C=O) groups is 3. The molecule has 0 aromatic rings. The smallest absolute Gasteiger partial charge is 0.550 e. The van der Waals surface area contributed by atoms with Crippen molar-refractivity contribution < 1.29 is 71.0 Å². The van der Waals surface area contributed by atoms with Crippen molar-refractivity contribution in [3.8, 4) is 0 Å². The molecule has 7 heteroatoms. The second-order valence-electron chi connectivity index (χ2n) is 5.49. The van der Waals surface area contributed by atoms with Crippen LogP contribution in [0, 0.1) is 41.3 Å². The summed E-state index contributed by atoms with van der Waals surface area (Å²) in [7, 11) is 0. The van der Waals surface area contributed by atoms with Crippen LogP contribution in [0.25, 0.3) is 0 Å². The van der Waals surface area contributed by atoms with E-state index in [0.717, 1.165) is 57.8 Å². The van der Waals surface area contributed by atoms with Crippen molar-refractivity contribution in [3.63, 3.8) is 0 Å². The number of hydrogen-bond donors (Lipinski definition) is 0. The zero-order valence-corrected chi connectivity index (χ0v) is 19.7. The van der Waals surface area contributed by atoms with Crippen molar-refractivity contribution in [3.05, 3.63) is 0 Å². The van der Waals surface area contributed by atoms with E-state index in [1.54, 1.807) is 0 Å². The molecule has 0 atom stereocenters. The van der Waals surface area contributed by atoms with Gasteiger partial charge in [0.2, 0.25) is 0 Å². The van der Waals surface area contributed by atoms with Crippen molar-refractivity contribution in [2.75, 3.05) is 0 Å². The molecule has 0 spiro atoms. The van der Waals surface area contributed by atoms with Gasteiger partial charge >= 0.3 is 41.3 Å². The second-order valence-corrected chi connectivity index (χ2v) is 5.49. The molecule has 0 aromatic heterocycles. The molecule has 0 amide bonds. The fraction of sp³-hybridized carbons (Fsp3) is 0.833. The van der Waals surface area contributed by atoms with Crippen LogP contribution >= 0.6 is 0 Å². The van der Waals surface area contributed by atoms with Crippen LogP contribution in [0.2, 0.25) is 0 Å². The SMILES string of the molecule is CCCCCC(=O)[O-].CCCCCC(=O)[O-].CCCCCC(=O)[O-].[Pr+3]. The first-order valence-corrected chi connectivity index (χ1v) is 8.91. The van der Waals surface area contributed by atoms with Crippen molar-refractivity contribution in [2.24, 2.45) is 0 Å². The molecule has 0 aromatic carbocycles.